The standard InChI is InChI=1S/C15H20OS/c1-3-6-11(2)14(16)9-12-10-17-15-8-5-4-7-13(12)15/h4-5,7-8,10-11,14,16H,3,6,9H2,1-2H3. The van der Waals surface area contributed by atoms with Gasteiger partial charge in [0.2, 0.25) is 0 Å². The first-order chi connectivity index (χ1) is 8.22. The van der Waals surface area contributed by atoms with Crippen molar-refractivity contribution in [3.63, 3.8) is 0 Å². The molecule has 0 aliphatic carbocycles. The van der Waals surface area contributed by atoms with E-state index in [1.165, 1.54) is 15.6 Å². The summed E-state index contributed by atoms with van der Waals surface area (Å²) in [4.78, 5) is 0. The molecule has 0 saturated carbocycles. The van der Waals surface area contributed by atoms with Crippen LogP contribution in [0.4, 0.5) is 0 Å². The molecule has 0 radical (unpaired) electrons. The highest BCUT2D eigenvalue weighted by Crippen LogP contribution is 2.28. The van der Waals surface area contributed by atoms with Crippen molar-refractivity contribution in [2.75, 3.05) is 0 Å². The molecule has 92 valence electrons. The van der Waals surface area contributed by atoms with E-state index < -0.39 is 0 Å². The van der Waals surface area contributed by atoms with Crippen LogP contribution in [0.15, 0.2) is 29.6 Å². The van der Waals surface area contributed by atoms with Crippen LogP contribution >= 0.6 is 11.3 Å². The van der Waals surface area contributed by atoms with E-state index >= 15 is 0 Å². The average Bonchev–Trinajstić information content (AvgIpc) is 2.73. The molecule has 2 aromatic rings. The van der Waals surface area contributed by atoms with Crippen molar-refractivity contribution in [2.45, 2.75) is 39.2 Å². The van der Waals surface area contributed by atoms with E-state index in [-0.39, 0.29) is 6.10 Å². The molecule has 0 aliphatic heterocycles. The first-order valence-corrected chi connectivity index (χ1v) is 7.23. The van der Waals surface area contributed by atoms with Gasteiger partial charge in [-0.2, -0.15) is 0 Å². The summed E-state index contributed by atoms with van der Waals surface area (Å²) in [5.74, 6) is 0.388. The molecule has 0 spiro atoms. The van der Waals surface area contributed by atoms with Gasteiger partial charge >= 0.3 is 0 Å². The molecule has 1 N–H and O–H groups in total. The van der Waals surface area contributed by atoms with Gasteiger partial charge < -0.3 is 5.11 Å². The number of hydrogen-bond acceptors (Lipinski definition) is 2. The summed E-state index contributed by atoms with van der Waals surface area (Å²) in [6, 6.07) is 8.43. The Balaban J connectivity index is 2.13. The van der Waals surface area contributed by atoms with Crippen molar-refractivity contribution in [1.82, 2.24) is 0 Å². The molecule has 1 heterocycles. The first-order valence-electron chi connectivity index (χ1n) is 6.35. The summed E-state index contributed by atoms with van der Waals surface area (Å²) in [6.45, 7) is 4.31. The number of rotatable bonds is 5. The van der Waals surface area contributed by atoms with Crippen molar-refractivity contribution in [1.29, 1.82) is 0 Å². The van der Waals surface area contributed by atoms with E-state index in [2.05, 4.69) is 43.5 Å². The van der Waals surface area contributed by atoms with E-state index in [1.54, 1.807) is 11.3 Å². The van der Waals surface area contributed by atoms with Crippen LogP contribution in [0.2, 0.25) is 0 Å². The molecule has 2 heteroatoms. The summed E-state index contributed by atoms with van der Waals surface area (Å²) >= 11 is 1.77. The molecule has 2 unspecified atom stereocenters. The third-order valence-electron chi connectivity index (χ3n) is 3.39. The first kappa shape index (κ1) is 12.6. The maximum Gasteiger partial charge on any atom is 0.0606 e. The lowest BCUT2D eigenvalue weighted by molar-refractivity contribution is 0.112. The predicted molar refractivity (Wildman–Crippen MR) is 75.6 cm³/mol. The summed E-state index contributed by atoms with van der Waals surface area (Å²) < 4.78 is 1.32. The van der Waals surface area contributed by atoms with Crippen molar-refractivity contribution in [3.8, 4) is 0 Å². The molecule has 17 heavy (non-hydrogen) atoms. The lowest BCUT2D eigenvalue weighted by Crippen LogP contribution is -2.19. The number of aliphatic hydroxyl groups excluding tert-OH is 1. The van der Waals surface area contributed by atoms with Crippen LogP contribution in [0.5, 0.6) is 0 Å². The summed E-state index contributed by atoms with van der Waals surface area (Å²) in [7, 11) is 0. The van der Waals surface area contributed by atoms with Gasteiger partial charge in [0, 0.05) is 11.1 Å². The Morgan fingerprint density at radius 1 is 1.29 bits per heavy atom. The van der Waals surface area contributed by atoms with E-state index in [1.807, 2.05) is 0 Å². The summed E-state index contributed by atoms with van der Waals surface area (Å²) in [6.07, 6.45) is 2.81. The topological polar surface area (TPSA) is 20.2 Å². The zero-order valence-corrected chi connectivity index (χ0v) is 11.3. The monoisotopic (exact) mass is 248 g/mol. The van der Waals surface area contributed by atoms with Crippen molar-refractivity contribution < 1.29 is 5.11 Å². The van der Waals surface area contributed by atoms with Gasteiger partial charge in [-0.1, -0.05) is 38.5 Å². The minimum absolute atomic E-state index is 0.215. The van der Waals surface area contributed by atoms with Gasteiger partial charge in [-0.25, -0.2) is 0 Å². The highest BCUT2D eigenvalue weighted by Gasteiger charge is 2.15. The highest BCUT2D eigenvalue weighted by atomic mass is 32.1. The second-order valence-corrected chi connectivity index (χ2v) is 5.71. The van der Waals surface area contributed by atoms with Crippen molar-refractivity contribution >= 4 is 21.4 Å². The maximum atomic E-state index is 10.2. The largest absolute Gasteiger partial charge is 0.393 e. The SMILES string of the molecule is CCCC(C)C(O)Cc1csc2ccccc12. The predicted octanol–water partition coefficient (Wildman–Crippen LogP) is 4.24. The zero-order chi connectivity index (χ0) is 12.3. The molecule has 1 nitrogen and oxygen atoms in total. The van der Waals surface area contributed by atoms with Gasteiger partial charge in [-0.05, 0) is 34.7 Å². The molecule has 0 bridgehead atoms. The molecule has 0 amide bonds. The van der Waals surface area contributed by atoms with Gasteiger partial charge in [0.1, 0.15) is 0 Å². The Kier molecular flexibility index (Phi) is 4.19. The Labute approximate surface area is 107 Å². The van der Waals surface area contributed by atoms with Gasteiger partial charge in [-0.3, -0.25) is 0 Å². The van der Waals surface area contributed by atoms with E-state index in [4.69, 9.17) is 0 Å². The molecule has 0 fully saturated rings. The summed E-state index contributed by atoms with van der Waals surface area (Å²) in [5.41, 5.74) is 1.29. The van der Waals surface area contributed by atoms with Crippen LogP contribution in [-0.4, -0.2) is 11.2 Å². The van der Waals surface area contributed by atoms with E-state index in [9.17, 15) is 5.11 Å². The second kappa shape index (κ2) is 5.65. The van der Waals surface area contributed by atoms with Crippen molar-refractivity contribution in [3.05, 3.63) is 35.2 Å². The average molecular weight is 248 g/mol. The second-order valence-electron chi connectivity index (χ2n) is 4.79. The van der Waals surface area contributed by atoms with Crippen LogP contribution in [-0.2, 0) is 6.42 Å². The molecular weight excluding hydrogens is 228 g/mol. The third-order valence-corrected chi connectivity index (χ3v) is 4.40. The Hall–Kier alpha value is -0.860. The number of benzene rings is 1. The van der Waals surface area contributed by atoms with Crippen LogP contribution in [0.25, 0.3) is 10.1 Å². The number of thiophene rings is 1. The zero-order valence-electron chi connectivity index (χ0n) is 10.5. The fourth-order valence-electron chi connectivity index (χ4n) is 2.27. The van der Waals surface area contributed by atoms with E-state index in [0.717, 1.165) is 19.3 Å². The molecule has 1 aromatic heterocycles. The van der Waals surface area contributed by atoms with Gasteiger partial charge in [0.05, 0.1) is 6.10 Å². The number of aliphatic hydroxyl groups is 1. The molecule has 2 rings (SSSR count). The third kappa shape index (κ3) is 2.88. The van der Waals surface area contributed by atoms with Gasteiger partial charge in [0.25, 0.3) is 0 Å². The molecule has 0 saturated heterocycles. The number of hydrogen-bond donors (Lipinski definition) is 1. The Bertz CT molecular complexity index is 474. The van der Waals surface area contributed by atoms with Gasteiger partial charge in [-0.15, -0.1) is 11.3 Å². The van der Waals surface area contributed by atoms with Gasteiger partial charge in [0.15, 0.2) is 0 Å². The number of fused-ring (bicyclic) bond motifs is 1. The molecule has 2 atom stereocenters. The lowest BCUT2D eigenvalue weighted by Gasteiger charge is -2.17. The van der Waals surface area contributed by atoms with Crippen molar-refractivity contribution in [2.24, 2.45) is 5.92 Å². The molecular formula is C15H20OS. The van der Waals surface area contributed by atoms with E-state index in [0.29, 0.717) is 5.92 Å². The molecule has 1 aromatic carbocycles. The Morgan fingerprint density at radius 3 is 2.82 bits per heavy atom. The quantitative estimate of drug-likeness (QED) is 0.839. The van der Waals surface area contributed by atoms with Crippen LogP contribution in [0.1, 0.15) is 32.3 Å². The maximum absolute atomic E-state index is 10.2. The smallest absolute Gasteiger partial charge is 0.0606 e. The minimum atomic E-state index is -0.215. The fourth-order valence-corrected chi connectivity index (χ4v) is 3.24. The fraction of sp³-hybridized carbons (Fsp3) is 0.467. The normalized spacial score (nSPS) is 15.0. The minimum Gasteiger partial charge on any atom is -0.393 e. The Morgan fingerprint density at radius 2 is 2.06 bits per heavy atom. The highest BCUT2D eigenvalue weighted by molar-refractivity contribution is 7.17. The van der Waals surface area contributed by atoms with Crippen LogP contribution in [0, 0.1) is 5.92 Å². The van der Waals surface area contributed by atoms with Crippen LogP contribution < -0.4 is 0 Å². The van der Waals surface area contributed by atoms with Crippen LogP contribution in [0.3, 0.4) is 0 Å². The molecule has 0 aliphatic rings. The summed E-state index contributed by atoms with van der Waals surface area (Å²) in [5, 5.41) is 13.7. The lowest BCUT2D eigenvalue weighted by atomic mass is 9.94.